The van der Waals surface area contributed by atoms with Crippen LogP contribution in [0, 0.1) is 5.92 Å². The fraction of sp³-hybridized carbons (Fsp3) is 0.500. The quantitative estimate of drug-likeness (QED) is 0.798. The summed E-state index contributed by atoms with van der Waals surface area (Å²) in [5.74, 6) is 2.28. The maximum Gasteiger partial charge on any atom is 0.257 e. The van der Waals surface area contributed by atoms with Gasteiger partial charge in [-0.15, -0.1) is 0 Å². The lowest BCUT2D eigenvalue weighted by atomic mass is 9.82. The van der Waals surface area contributed by atoms with Gasteiger partial charge >= 0.3 is 0 Å². The van der Waals surface area contributed by atoms with Crippen LogP contribution in [0.25, 0.3) is 0 Å². The number of carbonyl (C=O) groups is 1. The topological polar surface area (TPSA) is 64.5 Å². The number of hydrogen-bond acceptors (Lipinski definition) is 5. The number of carbonyl (C=O) groups excluding carboxylic acids is 1. The Morgan fingerprint density at radius 2 is 2.04 bits per heavy atom. The number of ether oxygens (including phenoxy) is 2. The van der Waals surface area contributed by atoms with Gasteiger partial charge in [-0.2, -0.15) is 0 Å². The molecule has 6 nitrogen and oxygen atoms in total. The molecule has 28 heavy (non-hydrogen) atoms. The number of amides is 1. The van der Waals surface area contributed by atoms with Crippen LogP contribution < -0.4 is 4.74 Å². The zero-order chi connectivity index (χ0) is 19.1. The Bertz CT molecular complexity index is 887. The van der Waals surface area contributed by atoms with E-state index in [1.807, 2.05) is 11.8 Å². The highest BCUT2D eigenvalue weighted by Crippen LogP contribution is 2.38. The first kappa shape index (κ1) is 17.6. The predicted octanol–water partition coefficient (Wildman–Crippen LogP) is 2.45. The summed E-state index contributed by atoms with van der Waals surface area (Å²) in [6, 6.07) is 6.39. The van der Waals surface area contributed by atoms with Crippen LogP contribution in [-0.2, 0) is 24.0 Å². The van der Waals surface area contributed by atoms with Gasteiger partial charge in [-0.3, -0.25) is 4.79 Å². The van der Waals surface area contributed by atoms with Gasteiger partial charge in [0.1, 0.15) is 11.6 Å². The molecule has 1 unspecified atom stereocenters. The van der Waals surface area contributed by atoms with Crippen molar-refractivity contribution >= 4 is 5.91 Å². The molecule has 1 aliphatic carbocycles. The fourth-order valence-corrected chi connectivity index (χ4v) is 4.57. The molecule has 1 aromatic heterocycles. The third-order valence-corrected chi connectivity index (χ3v) is 6.29. The molecule has 1 amide bonds. The van der Waals surface area contributed by atoms with Crippen LogP contribution in [-0.4, -0.2) is 52.7 Å². The van der Waals surface area contributed by atoms with Crippen LogP contribution in [0.5, 0.6) is 5.75 Å². The van der Waals surface area contributed by atoms with Crippen molar-refractivity contribution in [3.05, 3.63) is 53.1 Å². The number of rotatable bonds is 5. The second kappa shape index (κ2) is 6.85. The largest absolute Gasteiger partial charge is 0.494 e. The summed E-state index contributed by atoms with van der Waals surface area (Å²) in [5, 5.41) is 0. The highest BCUT2D eigenvalue weighted by atomic mass is 16.5. The van der Waals surface area contributed by atoms with Crippen molar-refractivity contribution < 1.29 is 14.3 Å². The molecular formula is C22H25N3O3. The van der Waals surface area contributed by atoms with E-state index in [0.29, 0.717) is 31.3 Å². The lowest BCUT2D eigenvalue weighted by molar-refractivity contribution is -0.172. The molecule has 3 heterocycles. The average molecular weight is 379 g/mol. The Balaban J connectivity index is 1.22. The van der Waals surface area contributed by atoms with Crippen LogP contribution in [0.3, 0.4) is 0 Å². The molecule has 5 rings (SSSR count). The lowest BCUT2D eigenvalue weighted by Crippen LogP contribution is -2.72. The highest BCUT2D eigenvalue weighted by Gasteiger charge is 2.53. The number of fused-ring (bicyclic) bond motifs is 1. The molecule has 2 saturated heterocycles. The Hall–Kier alpha value is -2.47. The van der Waals surface area contributed by atoms with Crippen molar-refractivity contribution in [1.82, 2.24) is 14.9 Å². The van der Waals surface area contributed by atoms with E-state index in [2.05, 4.69) is 28.2 Å². The Morgan fingerprint density at radius 1 is 1.25 bits per heavy atom. The summed E-state index contributed by atoms with van der Waals surface area (Å²) in [5.41, 5.74) is 3.29. The third-order valence-electron chi connectivity index (χ3n) is 6.29. The first-order chi connectivity index (χ1) is 13.7. The average Bonchev–Trinajstić information content (AvgIpc) is 3.02. The Kier molecular flexibility index (Phi) is 4.31. The molecule has 2 aromatic rings. The van der Waals surface area contributed by atoms with E-state index >= 15 is 0 Å². The van der Waals surface area contributed by atoms with E-state index in [9.17, 15) is 4.79 Å². The normalized spacial score (nSPS) is 21.8. The summed E-state index contributed by atoms with van der Waals surface area (Å²) in [6.45, 7) is 4.81. The monoisotopic (exact) mass is 379 g/mol. The zero-order valence-electron chi connectivity index (χ0n) is 16.2. The molecule has 2 fully saturated rings. The molecule has 3 aliphatic rings. The zero-order valence-corrected chi connectivity index (χ0v) is 16.2. The van der Waals surface area contributed by atoms with E-state index in [1.54, 1.807) is 12.4 Å². The van der Waals surface area contributed by atoms with Crippen molar-refractivity contribution in [3.8, 4) is 5.75 Å². The summed E-state index contributed by atoms with van der Waals surface area (Å²) in [4.78, 5) is 23.6. The van der Waals surface area contributed by atoms with E-state index in [4.69, 9.17) is 9.47 Å². The number of aromatic nitrogens is 2. The fourth-order valence-electron chi connectivity index (χ4n) is 4.57. The molecule has 1 spiro atoms. The Labute approximate surface area is 164 Å². The first-order valence-corrected chi connectivity index (χ1v) is 10.1. The second-order valence-electron chi connectivity index (χ2n) is 8.15. The molecular weight excluding hydrogens is 354 g/mol. The van der Waals surface area contributed by atoms with Gasteiger partial charge in [0.05, 0.1) is 30.9 Å². The van der Waals surface area contributed by atoms with Gasteiger partial charge in [-0.05, 0) is 55.4 Å². The van der Waals surface area contributed by atoms with Crippen molar-refractivity contribution in [2.75, 3.05) is 26.4 Å². The molecule has 0 N–H and O–H groups in total. The molecule has 1 aromatic carbocycles. The summed E-state index contributed by atoms with van der Waals surface area (Å²) >= 11 is 0. The minimum absolute atomic E-state index is 0.0258. The standard InChI is InChI=1S/C22H25N3O3/c1-2-28-19-4-3-16-7-15(8-17(16)10-19)9-20-23-11-18(12-24-20)21(26)25-6-5-22(25)13-27-14-22/h3-4,10-12,15H,2,5-9,13-14H2,1H3. The van der Waals surface area contributed by atoms with Crippen molar-refractivity contribution in [2.24, 2.45) is 5.92 Å². The maximum atomic E-state index is 12.7. The maximum absolute atomic E-state index is 12.7. The molecule has 0 radical (unpaired) electrons. The minimum atomic E-state index is -0.0499. The minimum Gasteiger partial charge on any atom is -0.494 e. The first-order valence-electron chi connectivity index (χ1n) is 10.1. The van der Waals surface area contributed by atoms with Crippen LogP contribution in [0.2, 0.25) is 0 Å². The van der Waals surface area contributed by atoms with Crippen LogP contribution in [0.4, 0.5) is 0 Å². The molecule has 0 bridgehead atoms. The second-order valence-corrected chi connectivity index (χ2v) is 8.15. The number of likely N-dealkylation sites (tertiary alicyclic amines) is 1. The smallest absolute Gasteiger partial charge is 0.257 e. The van der Waals surface area contributed by atoms with Crippen molar-refractivity contribution in [1.29, 1.82) is 0 Å². The third kappa shape index (κ3) is 2.96. The summed E-state index contributed by atoms with van der Waals surface area (Å²) in [6.07, 6.45) is 7.30. The van der Waals surface area contributed by atoms with Gasteiger partial charge in [0.15, 0.2) is 0 Å². The lowest BCUT2D eigenvalue weighted by Gasteiger charge is -2.57. The van der Waals surface area contributed by atoms with E-state index in [0.717, 1.165) is 43.8 Å². The van der Waals surface area contributed by atoms with Crippen LogP contribution >= 0.6 is 0 Å². The predicted molar refractivity (Wildman–Crippen MR) is 103 cm³/mol. The number of nitrogens with zero attached hydrogens (tertiary/aromatic N) is 3. The van der Waals surface area contributed by atoms with Gasteiger partial charge in [-0.25, -0.2) is 9.97 Å². The number of hydrogen-bond donors (Lipinski definition) is 0. The number of benzene rings is 1. The molecule has 2 aliphatic heterocycles. The van der Waals surface area contributed by atoms with Crippen molar-refractivity contribution in [3.63, 3.8) is 0 Å². The van der Waals surface area contributed by atoms with E-state index < -0.39 is 0 Å². The molecule has 1 atom stereocenters. The van der Waals surface area contributed by atoms with Gasteiger partial charge in [0.25, 0.3) is 5.91 Å². The SMILES string of the molecule is CCOc1ccc2c(c1)CC(Cc1ncc(C(=O)N3CCC34COC4)cn1)C2. The van der Waals surface area contributed by atoms with Gasteiger partial charge in [0.2, 0.25) is 0 Å². The summed E-state index contributed by atoms with van der Waals surface area (Å²) < 4.78 is 10.9. The Morgan fingerprint density at radius 3 is 2.68 bits per heavy atom. The highest BCUT2D eigenvalue weighted by molar-refractivity contribution is 5.94. The van der Waals surface area contributed by atoms with E-state index in [1.165, 1.54) is 11.1 Å². The van der Waals surface area contributed by atoms with Crippen LogP contribution in [0.15, 0.2) is 30.6 Å². The van der Waals surface area contributed by atoms with Crippen molar-refractivity contribution in [2.45, 2.75) is 38.1 Å². The van der Waals surface area contributed by atoms with E-state index in [-0.39, 0.29) is 11.4 Å². The van der Waals surface area contributed by atoms with Gasteiger partial charge in [0, 0.05) is 25.4 Å². The molecule has 0 saturated carbocycles. The van der Waals surface area contributed by atoms with Crippen LogP contribution in [0.1, 0.15) is 40.7 Å². The van der Waals surface area contributed by atoms with Gasteiger partial charge < -0.3 is 14.4 Å². The molecule has 146 valence electrons. The molecule has 6 heteroatoms. The van der Waals surface area contributed by atoms with Gasteiger partial charge in [-0.1, -0.05) is 6.07 Å². The summed E-state index contributed by atoms with van der Waals surface area (Å²) in [7, 11) is 0.